The van der Waals surface area contributed by atoms with E-state index in [1.165, 1.54) is 19.3 Å². The quantitative estimate of drug-likeness (QED) is 0.913. The predicted molar refractivity (Wildman–Crippen MR) is 85.5 cm³/mol. The number of nitrogens with zero attached hydrogens (tertiary/aromatic N) is 1. The average Bonchev–Trinajstić information content (AvgIpc) is 2.64. The van der Waals surface area contributed by atoms with Crippen LogP contribution in [0.3, 0.4) is 0 Å². The molecule has 0 aliphatic carbocycles. The van der Waals surface area contributed by atoms with Crippen LogP contribution in [0.4, 0.5) is 0 Å². The molecule has 0 radical (unpaired) electrons. The standard InChI is InChI=1S/C18H27NO2/c1-18(2,3)16-8-5-10-19(11-9-16)13-14-6-4-7-15(12-14)17(20)21/h4,6-7,12,16H,5,8-11,13H2,1-3H3,(H,20,21). The van der Waals surface area contributed by atoms with Gasteiger partial charge in [-0.15, -0.1) is 0 Å². The summed E-state index contributed by atoms with van der Waals surface area (Å²) < 4.78 is 0. The van der Waals surface area contributed by atoms with Crippen molar-refractivity contribution < 1.29 is 9.90 Å². The van der Waals surface area contributed by atoms with Crippen LogP contribution in [0.2, 0.25) is 0 Å². The first kappa shape index (κ1) is 16.0. The van der Waals surface area contributed by atoms with Gasteiger partial charge in [0, 0.05) is 6.54 Å². The van der Waals surface area contributed by atoms with E-state index in [2.05, 4.69) is 25.7 Å². The number of carboxylic acids is 1. The first-order valence-corrected chi connectivity index (χ1v) is 7.91. The number of carboxylic acid groups (broad SMARTS) is 1. The zero-order valence-corrected chi connectivity index (χ0v) is 13.4. The summed E-state index contributed by atoms with van der Waals surface area (Å²) in [6.45, 7) is 10.1. The van der Waals surface area contributed by atoms with E-state index in [1.54, 1.807) is 12.1 Å². The van der Waals surface area contributed by atoms with Crippen molar-refractivity contribution in [1.82, 2.24) is 4.90 Å². The molecule has 3 nitrogen and oxygen atoms in total. The van der Waals surface area contributed by atoms with Gasteiger partial charge in [0.1, 0.15) is 0 Å². The van der Waals surface area contributed by atoms with Crippen LogP contribution in [0, 0.1) is 11.3 Å². The number of benzene rings is 1. The molecule has 2 rings (SSSR count). The summed E-state index contributed by atoms with van der Waals surface area (Å²) in [5.74, 6) is -0.0617. The van der Waals surface area contributed by atoms with Crippen LogP contribution < -0.4 is 0 Å². The number of carbonyl (C=O) groups is 1. The second-order valence-corrected chi connectivity index (χ2v) is 7.28. The smallest absolute Gasteiger partial charge is 0.335 e. The van der Waals surface area contributed by atoms with Gasteiger partial charge in [0.05, 0.1) is 5.56 Å². The Kier molecular flexibility index (Phi) is 5.04. The minimum atomic E-state index is -0.847. The molecule has 1 aromatic carbocycles. The van der Waals surface area contributed by atoms with Gasteiger partial charge >= 0.3 is 5.97 Å². The fourth-order valence-corrected chi connectivity index (χ4v) is 3.24. The molecule has 3 heteroatoms. The van der Waals surface area contributed by atoms with Crippen molar-refractivity contribution in [2.24, 2.45) is 11.3 Å². The summed E-state index contributed by atoms with van der Waals surface area (Å²) in [5, 5.41) is 9.07. The summed E-state index contributed by atoms with van der Waals surface area (Å²) in [6, 6.07) is 7.32. The van der Waals surface area contributed by atoms with Crippen LogP contribution in [-0.4, -0.2) is 29.1 Å². The Morgan fingerprint density at radius 3 is 2.71 bits per heavy atom. The van der Waals surface area contributed by atoms with Gasteiger partial charge in [-0.25, -0.2) is 4.79 Å². The lowest BCUT2D eigenvalue weighted by Crippen LogP contribution is -2.26. The lowest BCUT2D eigenvalue weighted by molar-refractivity contribution is 0.0696. The van der Waals surface area contributed by atoms with E-state index in [0.717, 1.165) is 31.1 Å². The van der Waals surface area contributed by atoms with Crippen molar-refractivity contribution in [2.45, 2.75) is 46.6 Å². The third kappa shape index (κ3) is 4.57. The van der Waals surface area contributed by atoms with Crippen LogP contribution in [0.1, 0.15) is 56.0 Å². The van der Waals surface area contributed by atoms with E-state index in [0.29, 0.717) is 11.0 Å². The fourth-order valence-electron chi connectivity index (χ4n) is 3.24. The highest BCUT2D eigenvalue weighted by atomic mass is 16.4. The average molecular weight is 289 g/mol. The van der Waals surface area contributed by atoms with Gasteiger partial charge in [-0.2, -0.15) is 0 Å². The Morgan fingerprint density at radius 1 is 1.29 bits per heavy atom. The number of rotatable bonds is 3. The van der Waals surface area contributed by atoms with Gasteiger partial charge in [-0.05, 0) is 61.4 Å². The maximum absolute atomic E-state index is 11.0. The number of hydrogen-bond acceptors (Lipinski definition) is 2. The van der Waals surface area contributed by atoms with E-state index < -0.39 is 5.97 Å². The summed E-state index contributed by atoms with van der Waals surface area (Å²) in [7, 11) is 0. The van der Waals surface area contributed by atoms with Crippen LogP contribution >= 0.6 is 0 Å². The van der Waals surface area contributed by atoms with Crippen molar-refractivity contribution in [3.8, 4) is 0 Å². The second kappa shape index (κ2) is 6.61. The highest BCUT2D eigenvalue weighted by molar-refractivity contribution is 5.87. The molecule has 1 atom stereocenters. The Hall–Kier alpha value is -1.35. The topological polar surface area (TPSA) is 40.5 Å². The Labute approximate surface area is 128 Å². The first-order valence-electron chi connectivity index (χ1n) is 7.91. The van der Waals surface area contributed by atoms with Crippen molar-refractivity contribution in [1.29, 1.82) is 0 Å². The maximum Gasteiger partial charge on any atom is 0.335 e. The zero-order valence-electron chi connectivity index (χ0n) is 13.4. The van der Waals surface area contributed by atoms with Gasteiger partial charge in [0.25, 0.3) is 0 Å². The molecule has 1 aliphatic rings. The molecular formula is C18H27NO2. The molecule has 0 spiro atoms. The molecule has 21 heavy (non-hydrogen) atoms. The van der Waals surface area contributed by atoms with Crippen molar-refractivity contribution in [2.75, 3.05) is 13.1 Å². The van der Waals surface area contributed by atoms with Gasteiger partial charge in [0.15, 0.2) is 0 Å². The van der Waals surface area contributed by atoms with Gasteiger partial charge in [-0.3, -0.25) is 4.90 Å². The highest BCUT2D eigenvalue weighted by Crippen LogP contribution is 2.34. The van der Waals surface area contributed by atoms with Crippen LogP contribution in [-0.2, 0) is 6.54 Å². The molecule has 1 unspecified atom stereocenters. The molecule has 1 N–H and O–H groups in total. The third-order valence-corrected chi connectivity index (χ3v) is 4.63. The summed E-state index contributed by atoms with van der Waals surface area (Å²) in [6.07, 6.45) is 3.78. The monoisotopic (exact) mass is 289 g/mol. The lowest BCUT2D eigenvalue weighted by atomic mass is 9.77. The second-order valence-electron chi connectivity index (χ2n) is 7.28. The number of aromatic carboxylic acids is 1. The molecule has 1 saturated heterocycles. The molecule has 0 bridgehead atoms. The molecular weight excluding hydrogens is 262 g/mol. The lowest BCUT2D eigenvalue weighted by Gasteiger charge is -2.29. The van der Waals surface area contributed by atoms with Gasteiger partial charge in [-0.1, -0.05) is 32.9 Å². The first-order chi connectivity index (χ1) is 9.86. The zero-order chi connectivity index (χ0) is 15.5. The third-order valence-electron chi connectivity index (χ3n) is 4.63. The number of hydrogen-bond donors (Lipinski definition) is 1. The molecule has 0 aromatic heterocycles. The van der Waals surface area contributed by atoms with E-state index >= 15 is 0 Å². The minimum absolute atomic E-state index is 0.384. The van der Waals surface area contributed by atoms with E-state index in [4.69, 9.17) is 5.11 Å². The molecule has 1 fully saturated rings. The Bertz CT molecular complexity index is 490. The minimum Gasteiger partial charge on any atom is -0.478 e. The molecule has 1 heterocycles. The van der Waals surface area contributed by atoms with Gasteiger partial charge in [0.2, 0.25) is 0 Å². The molecule has 116 valence electrons. The van der Waals surface area contributed by atoms with Gasteiger partial charge < -0.3 is 5.11 Å². The maximum atomic E-state index is 11.0. The largest absolute Gasteiger partial charge is 0.478 e. The summed E-state index contributed by atoms with van der Waals surface area (Å²) in [5.41, 5.74) is 1.87. The number of likely N-dealkylation sites (tertiary alicyclic amines) is 1. The Morgan fingerprint density at radius 2 is 2.05 bits per heavy atom. The summed E-state index contributed by atoms with van der Waals surface area (Å²) in [4.78, 5) is 13.5. The molecule has 1 aliphatic heterocycles. The summed E-state index contributed by atoms with van der Waals surface area (Å²) >= 11 is 0. The highest BCUT2D eigenvalue weighted by Gasteiger charge is 2.26. The van der Waals surface area contributed by atoms with Crippen LogP contribution in [0.5, 0.6) is 0 Å². The van der Waals surface area contributed by atoms with E-state index in [1.807, 2.05) is 12.1 Å². The normalized spacial score (nSPS) is 21.0. The van der Waals surface area contributed by atoms with Crippen LogP contribution in [0.15, 0.2) is 24.3 Å². The van der Waals surface area contributed by atoms with Crippen molar-refractivity contribution in [3.05, 3.63) is 35.4 Å². The van der Waals surface area contributed by atoms with E-state index in [9.17, 15) is 4.79 Å². The van der Waals surface area contributed by atoms with Crippen molar-refractivity contribution >= 4 is 5.97 Å². The van der Waals surface area contributed by atoms with Crippen LogP contribution in [0.25, 0.3) is 0 Å². The van der Waals surface area contributed by atoms with E-state index in [-0.39, 0.29) is 0 Å². The molecule has 0 amide bonds. The predicted octanol–water partition coefficient (Wildman–Crippen LogP) is 4.03. The SMILES string of the molecule is CC(C)(C)C1CCCN(Cc2cccc(C(=O)O)c2)CC1. The molecule has 1 aromatic rings. The molecule has 0 saturated carbocycles. The Balaban J connectivity index is 1.98. The fraction of sp³-hybridized carbons (Fsp3) is 0.611. The van der Waals surface area contributed by atoms with Crippen molar-refractivity contribution in [3.63, 3.8) is 0 Å².